The van der Waals surface area contributed by atoms with Crippen LogP contribution in [-0.2, 0) is 4.79 Å². The molecule has 2 aromatic rings. The molecule has 0 aromatic heterocycles. The van der Waals surface area contributed by atoms with Crippen LogP contribution in [0.5, 0.6) is 0 Å². The van der Waals surface area contributed by atoms with Crippen LogP contribution in [0.4, 0.5) is 5.69 Å². The number of carbonyl (C=O) groups is 1. The fourth-order valence-corrected chi connectivity index (χ4v) is 4.60. The first-order valence-corrected chi connectivity index (χ1v) is 7.76. The van der Waals surface area contributed by atoms with Gasteiger partial charge >= 0.3 is 0 Å². The number of hydrogen-bond acceptors (Lipinski definition) is 3. The SMILES string of the molecule is CN1C(=O)C(Sc2ccccc2)Sc2ccccc21. The lowest BCUT2D eigenvalue weighted by atomic mass is 10.3. The fourth-order valence-electron chi connectivity index (χ4n) is 1.97. The van der Waals surface area contributed by atoms with Crippen molar-refractivity contribution in [3.05, 3.63) is 54.6 Å². The summed E-state index contributed by atoms with van der Waals surface area (Å²) in [5, 5.41) is 0. The Morgan fingerprint density at radius 2 is 1.74 bits per heavy atom. The minimum Gasteiger partial charge on any atom is -0.313 e. The smallest absolute Gasteiger partial charge is 0.250 e. The van der Waals surface area contributed by atoms with Crippen molar-refractivity contribution in [3.8, 4) is 0 Å². The zero-order chi connectivity index (χ0) is 13.2. The molecule has 96 valence electrons. The van der Waals surface area contributed by atoms with Gasteiger partial charge in [-0.2, -0.15) is 0 Å². The maximum atomic E-state index is 12.4. The molecular weight excluding hydrogens is 274 g/mol. The lowest BCUT2D eigenvalue weighted by Gasteiger charge is -2.30. The highest BCUT2D eigenvalue weighted by Crippen LogP contribution is 2.44. The Balaban J connectivity index is 1.87. The van der Waals surface area contributed by atoms with Crippen LogP contribution in [0.2, 0.25) is 0 Å². The van der Waals surface area contributed by atoms with Crippen LogP contribution in [0.3, 0.4) is 0 Å². The Morgan fingerprint density at radius 3 is 2.53 bits per heavy atom. The topological polar surface area (TPSA) is 20.3 Å². The van der Waals surface area contributed by atoms with Crippen molar-refractivity contribution < 1.29 is 4.79 Å². The third kappa shape index (κ3) is 2.51. The Bertz CT molecular complexity index is 600. The van der Waals surface area contributed by atoms with E-state index >= 15 is 0 Å². The highest BCUT2D eigenvalue weighted by Gasteiger charge is 2.31. The highest BCUT2D eigenvalue weighted by atomic mass is 32.2. The number of fused-ring (bicyclic) bond motifs is 1. The van der Waals surface area contributed by atoms with Gasteiger partial charge in [-0.1, -0.05) is 42.1 Å². The molecule has 1 aliphatic heterocycles. The number of rotatable bonds is 2. The molecule has 1 unspecified atom stereocenters. The summed E-state index contributed by atoms with van der Waals surface area (Å²) < 4.78 is -0.109. The number of amides is 1. The first kappa shape index (κ1) is 12.6. The molecule has 19 heavy (non-hydrogen) atoms. The van der Waals surface area contributed by atoms with Crippen molar-refractivity contribution in [3.63, 3.8) is 0 Å². The van der Waals surface area contributed by atoms with Gasteiger partial charge in [0.25, 0.3) is 5.91 Å². The predicted molar refractivity (Wildman–Crippen MR) is 81.8 cm³/mol. The second kappa shape index (κ2) is 5.31. The van der Waals surface area contributed by atoms with Crippen LogP contribution >= 0.6 is 23.5 Å². The van der Waals surface area contributed by atoms with Crippen molar-refractivity contribution in [2.75, 3.05) is 11.9 Å². The normalized spacial score (nSPS) is 18.3. The largest absolute Gasteiger partial charge is 0.313 e. The fraction of sp³-hybridized carbons (Fsp3) is 0.133. The molecule has 3 rings (SSSR count). The standard InChI is InChI=1S/C15H13NOS2/c1-16-12-9-5-6-10-13(12)19-15(14(16)17)18-11-7-3-2-4-8-11/h2-10,15H,1H3. The quantitative estimate of drug-likeness (QED) is 0.836. The molecule has 2 nitrogen and oxygen atoms in total. The number of thioether (sulfide) groups is 2. The van der Waals surface area contributed by atoms with Crippen LogP contribution in [-0.4, -0.2) is 17.5 Å². The number of hydrogen-bond donors (Lipinski definition) is 0. The molecule has 0 aliphatic carbocycles. The van der Waals surface area contributed by atoms with E-state index in [1.165, 1.54) is 0 Å². The van der Waals surface area contributed by atoms with E-state index in [-0.39, 0.29) is 10.5 Å². The van der Waals surface area contributed by atoms with Gasteiger partial charge in [-0.05, 0) is 24.3 Å². The number of carbonyl (C=O) groups excluding carboxylic acids is 1. The van der Waals surface area contributed by atoms with Crippen molar-refractivity contribution in [1.82, 2.24) is 0 Å². The molecule has 1 amide bonds. The molecule has 0 fully saturated rings. The van der Waals surface area contributed by atoms with Gasteiger partial charge in [0, 0.05) is 16.8 Å². The van der Waals surface area contributed by atoms with Gasteiger partial charge in [0.1, 0.15) is 4.58 Å². The first-order chi connectivity index (χ1) is 9.25. The molecule has 0 radical (unpaired) electrons. The van der Waals surface area contributed by atoms with Crippen LogP contribution < -0.4 is 4.90 Å². The lowest BCUT2D eigenvalue weighted by molar-refractivity contribution is -0.116. The van der Waals surface area contributed by atoms with Crippen molar-refractivity contribution >= 4 is 35.1 Å². The summed E-state index contributed by atoms with van der Waals surface area (Å²) in [7, 11) is 1.85. The lowest BCUT2D eigenvalue weighted by Crippen LogP contribution is -2.36. The van der Waals surface area contributed by atoms with Gasteiger partial charge in [0.05, 0.1) is 5.69 Å². The van der Waals surface area contributed by atoms with E-state index in [0.29, 0.717) is 0 Å². The number of nitrogens with zero attached hydrogens (tertiary/aromatic N) is 1. The minimum absolute atomic E-state index is 0.109. The van der Waals surface area contributed by atoms with E-state index in [2.05, 4.69) is 6.07 Å². The molecule has 1 heterocycles. The average molecular weight is 287 g/mol. The minimum atomic E-state index is -0.109. The summed E-state index contributed by atoms with van der Waals surface area (Å²) in [5.41, 5.74) is 1.00. The van der Waals surface area contributed by atoms with E-state index in [0.717, 1.165) is 15.5 Å². The average Bonchev–Trinajstić information content (AvgIpc) is 2.46. The van der Waals surface area contributed by atoms with Crippen molar-refractivity contribution in [1.29, 1.82) is 0 Å². The van der Waals surface area contributed by atoms with Gasteiger partial charge in [-0.3, -0.25) is 4.79 Å². The second-order valence-corrected chi connectivity index (χ2v) is 6.87. The van der Waals surface area contributed by atoms with Crippen LogP contribution in [0, 0.1) is 0 Å². The summed E-state index contributed by atoms with van der Waals surface area (Å²) in [4.78, 5) is 16.4. The monoisotopic (exact) mass is 287 g/mol. The Labute approximate surface area is 121 Å². The van der Waals surface area contributed by atoms with Crippen molar-refractivity contribution in [2.45, 2.75) is 14.4 Å². The summed E-state index contributed by atoms with van der Waals surface area (Å²) in [6.45, 7) is 0. The summed E-state index contributed by atoms with van der Waals surface area (Å²) in [6.07, 6.45) is 0. The molecule has 0 N–H and O–H groups in total. The first-order valence-electron chi connectivity index (χ1n) is 6.00. The van der Waals surface area contributed by atoms with Crippen LogP contribution in [0.15, 0.2) is 64.4 Å². The summed E-state index contributed by atoms with van der Waals surface area (Å²) in [6, 6.07) is 18.1. The zero-order valence-electron chi connectivity index (χ0n) is 10.4. The molecular formula is C15H13NOS2. The molecule has 2 aromatic carbocycles. The van der Waals surface area contributed by atoms with Gasteiger partial charge in [0.2, 0.25) is 0 Å². The molecule has 0 bridgehead atoms. The molecule has 0 spiro atoms. The van der Waals surface area contributed by atoms with E-state index < -0.39 is 0 Å². The van der Waals surface area contributed by atoms with Gasteiger partial charge in [0.15, 0.2) is 0 Å². The second-order valence-electron chi connectivity index (χ2n) is 4.25. The molecule has 4 heteroatoms. The van der Waals surface area contributed by atoms with Crippen LogP contribution in [0.1, 0.15) is 0 Å². The van der Waals surface area contributed by atoms with Crippen LogP contribution in [0.25, 0.3) is 0 Å². The molecule has 0 saturated carbocycles. The van der Waals surface area contributed by atoms with Gasteiger partial charge < -0.3 is 4.90 Å². The van der Waals surface area contributed by atoms with E-state index in [4.69, 9.17) is 0 Å². The van der Waals surface area contributed by atoms with Crippen molar-refractivity contribution in [2.24, 2.45) is 0 Å². The Hall–Kier alpha value is -1.39. The molecule has 1 atom stereocenters. The highest BCUT2D eigenvalue weighted by molar-refractivity contribution is 8.18. The van der Waals surface area contributed by atoms with Gasteiger partial charge in [-0.25, -0.2) is 0 Å². The Kier molecular flexibility index (Phi) is 3.53. The third-order valence-corrected chi connectivity index (χ3v) is 5.53. The molecule has 0 saturated heterocycles. The van der Waals surface area contributed by atoms with E-state index in [1.54, 1.807) is 28.4 Å². The van der Waals surface area contributed by atoms with Gasteiger partial charge in [-0.15, -0.1) is 11.8 Å². The predicted octanol–water partition coefficient (Wildman–Crippen LogP) is 3.87. The zero-order valence-corrected chi connectivity index (χ0v) is 12.1. The maximum Gasteiger partial charge on any atom is 0.250 e. The summed E-state index contributed by atoms with van der Waals surface area (Å²) in [5.74, 6) is 0.151. The molecule has 1 aliphatic rings. The van der Waals surface area contributed by atoms with E-state index in [1.807, 2.05) is 55.6 Å². The number of anilines is 1. The van der Waals surface area contributed by atoms with E-state index in [9.17, 15) is 4.79 Å². The Morgan fingerprint density at radius 1 is 1.05 bits per heavy atom. The maximum absolute atomic E-state index is 12.4. The number of para-hydroxylation sites is 1. The number of benzene rings is 2. The third-order valence-electron chi connectivity index (χ3n) is 2.98. The summed E-state index contributed by atoms with van der Waals surface area (Å²) >= 11 is 3.25.